The Balaban J connectivity index is 2.27. The third kappa shape index (κ3) is 3.73. The molecule has 1 aromatic carbocycles. The highest BCUT2D eigenvalue weighted by Crippen LogP contribution is 2.32. The smallest absolute Gasteiger partial charge is 0.152 e. The van der Waals surface area contributed by atoms with Gasteiger partial charge in [-0.1, -0.05) is 26.0 Å². The number of nitrogens with zero attached hydrogens (tertiary/aromatic N) is 3. The molecule has 2 aromatic rings. The first-order valence-corrected chi connectivity index (χ1v) is 8.03. The second-order valence-electron chi connectivity index (χ2n) is 4.87. The minimum atomic E-state index is 0.832. The summed E-state index contributed by atoms with van der Waals surface area (Å²) in [6.45, 7) is 5.18. The van der Waals surface area contributed by atoms with Crippen LogP contribution in [0.2, 0.25) is 0 Å². The van der Waals surface area contributed by atoms with Gasteiger partial charge in [0, 0.05) is 19.3 Å². The van der Waals surface area contributed by atoms with Crippen LogP contribution < -0.4 is 10.2 Å². The van der Waals surface area contributed by atoms with E-state index in [1.807, 2.05) is 7.05 Å². The third-order valence-electron chi connectivity index (χ3n) is 3.36. The summed E-state index contributed by atoms with van der Waals surface area (Å²) in [6.07, 6.45) is 3.70. The molecular formula is C16H21BrN4. The molecule has 0 amide bonds. The molecule has 0 saturated carbocycles. The normalized spacial score (nSPS) is 10.5. The Morgan fingerprint density at radius 3 is 2.48 bits per heavy atom. The van der Waals surface area contributed by atoms with E-state index < -0.39 is 0 Å². The molecule has 0 aliphatic carbocycles. The number of benzene rings is 1. The Morgan fingerprint density at radius 1 is 1.14 bits per heavy atom. The summed E-state index contributed by atoms with van der Waals surface area (Å²) >= 11 is 3.61. The zero-order chi connectivity index (χ0) is 15.2. The van der Waals surface area contributed by atoms with Crippen molar-refractivity contribution >= 4 is 33.3 Å². The SMILES string of the molecule is CCCNc1ncnc(N(C)c2ccc(CC)cc2)c1Br. The van der Waals surface area contributed by atoms with E-state index >= 15 is 0 Å². The van der Waals surface area contributed by atoms with Gasteiger partial charge in [0.1, 0.15) is 16.6 Å². The van der Waals surface area contributed by atoms with E-state index in [1.54, 1.807) is 6.33 Å². The van der Waals surface area contributed by atoms with E-state index in [9.17, 15) is 0 Å². The Bertz CT molecular complexity index is 583. The number of rotatable bonds is 6. The Morgan fingerprint density at radius 2 is 1.86 bits per heavy atom. The maximum absolute atomic E-state index is 4.39. The van der Waals surface area contributed by atoms with Gasteiger partial charge in [0.25, 0.3) is 0 Å². The zero-order valence-corrected chi connectivity index (χ0v) is 14.3. The Hall–Kier alpha value is -1.62. The van der Waals surface area contributed by atoms with Crippen LogP contribution in [0.1, 0.15) is 25.8 Å². The monoisotopic (exact) mass is 348 g/mol. The number of anilines is 3. The summed E-state index contributed by atoms with van der Waals surface area (Å²) in [5.74, 6) is 1.69. The zero-order valence-electron chi connectivity index (χ0n) is 12.7. The fourth-order valence-electron chi connectivity index (χ4n) is 2.04. The van der Waals surface area contributed by atoms with Crippen LogP contribution in [0, 0.1) is 0 Å². The lowest BCUT2D eigenvalue weighted by molar-refractivity contribution is 0.958. The van der Waals surface area contributed by atoms with Gasteiger partial charge >= 0.3 is 0 Å². The molecule has 1 N–H and O–H groups in total. The summed E-state index contributed by atoms with van der Waals surface area (Å²) in [6, 6.07) is 8.54. The molecule has 1 heterocycles. The van der Waals surface area contributed by atoms with Crippen molar-refractivity contribution in [3.05, 3.63) is 40.6 Å². The van der Waals surface area contributed by atoms with Gasteiger partial charge in [0.05, 0.1) is 0 Å². The van der Waals surface area contributed by atoms with E-state index in [2.05, 4.69) is 74.2 Å². The van der Waals surface area contributed by atoms with Crippen molar-refractivity contribution in [2.75, 3.05) is 23.8 Å². The second-order valence-corrected chi connectivity index (χ2v) is 5.66. The Labute approximate surface area is 134 Å². The van der Waals surface area contributed by atoms with Crippen LogP contribution in [0.15, 0.2) is 35.1 Å². The van der Waals surface area contributed by atoms with Gasteiger partial charge in [-0.2, -0.15) is 0 Å². The molecule has 5 heteroatoms. The fraction of sp³-hybridized carbons (Fsp3) is 0.375. The van der Waals surface area contributed by atoms with Crippen LogP contribution in [-0.4, -0.2) is 23.6 Å². The van der Waals surface area contributed by atoms with E-state index in [4.69, 9.17) is 0 Å². The van der Waals surface area contributed by atoms with Crippen molar-refractivity contribution in [2.45, 2.75) is 26.7 Å². The average molecular weight is 349 g/mol. The Kier molecular flexibility index (Phi) is 5.56. The number of hydrogen-bond donors (Lipinski definition) is 1. The number of aromatic nitrogens is 2. The van der Waals surface area contributed by atoms with Gasteiger partial charge in [-0.05, 0) is 46.5 Å². The molecule has 0 spiro atoms. The lowest BCUT2D eigenvalue weighted by atomic mass is 10.1. The summed E-state index contributed by atoms with van der Waals surface area (Å²) in [5.41, 5.74) is 2.44. The van der Waals surface area contributed by atoms with Crippen LogP contribution in [0.3, 0.4) is 0 Å². The lowest BCUT2D eigenvalue weighted by Gasteiger charge is -2.21. The molecule has 4 nitrogen and oxygen atoms in total. The molecular weight excluding hydrogens is 328 g/mol. The summed E-state index contributed by atoms with van der Waals surface area (Å²) in [4.78, 5) is 10.7. The minimum Gasteiger partial charge on any atom is -0.369 e. The van der Waals surface area contributed by atoms with E-state index in [1.165, 1.54) is 5.56 Å². The van der Waals surface area contributed by atoms with Gasteiger partial charge in [0.2, 0.25) is 0 Å². The van der Waals surface area contributed by atoms with Crippen LogP contribution in [0.4, 0.5) is 17.3 Å². The van der Waals surface area contributed by atoms with Gasteiger partial charge in [-0.15, -0.1) is 0 Å². The predicted octanol–water partition coefficient (Wildman–Crippen LogP) is 4.39. The van der Waals surface area contributed by atoms with Crippen molar-refractivity contribution in [1.82, 2.24) is 9.97 Å². The number of halogens is 1. The van der Waals surface area contributed by atoms with Crippen molar-refractivity contribution in [2.24, 2.45) is 0 Å². The molecule has 2 rings (SSSR count). The molecule has 0 unspecified atom stereocenters. The quantitative estimate of drug-likeness (QED) is 0.840. The first-order chi connectivity index (χ1) is 10.2. The van der Waals surface area contributed by atoms with Crippen molar-refractivity contribution in [3.63, 3.8) is 0 Å². The highest BCUT2D eigenvalue weighted by Gasteiger charge is 2.13. The summed E-state index contributed by atoms with van der Waals surface area (Å²) in [5, 5.41) is 3.30. The molecule has 0 atom stereocenters. The fourth-order valence-corrected chi connectivity index (χ4v) is 2.65. The minimum absolute atomic E-state index is 0.832. The molecule has 112 valence electrons. The van der Waals surface area contributed by atoms with Gasteiger partial charge in [-0.3, -0.25) is 0 Å². The third-order valence-corrected chi connectivity index (χ3v) is 4.09. The van der Waals surface area contributed by atoms with E-state index in [-0.39, 0.29) is 0 Å². The molecule has 0 bridgehead atoms. The number of hydrogen-bond acceptors (Lipinski definition) is 4. The molecule has 0 fully saturated rings. The standard InChI is InChI=1S/C16H21BrN4/c1-4-10-18-15-14(17)16(20-11-19-15)21(3)13-8-6-12(5-2)7-9-13/h6-9,11H,4-5,10H2,1-3H3,(H,18,19,20). The largest absolute Gasteiger partial charge is 0.369 e. The van der Waals surface area contributed by atoms with E-state index in [0.29, 0.717) is 0 Å². The first kappa shape index (κ1) is 15.8. The maximum atomic E-state index is 4.39. The second kappa shape index (κ2) is 7.41. The molecule has 21 heavy (non-hydrogen) atoms. The van der Waals surface area contributed by atoms with Crippen molar-refractivity contribution < 1.29 is 0 Å². The highest BCUT2D eigenvalue weighted by atomic mass is 79.9. The van der Waals surface area contributed by atoms with Crippen molar-refractivity contribution in [3.8, 4) is 0 Å². The number of nitrogens with one attached hydrogen (secondary N) is 1. The van der Waals surface area contributed by atoms with Gasteiger partial charge < -0.3 is 10.2 Å². The van der Waals surface area contributed by atoms with Crippen LogP contribution in [-0.2, 0) is 6.42 Å². The molecule has 0 saturated heterocycles. The van der Waals surface area contributed by atoms with Crippen LogP contribution in [0.25, 0.3) is 0 Å². The van der Waals surface area contributed by atoms with Gasteiger partial charge in [-0.25, -0.2) is 9.97 Å². The summed E-state index contributed by atoms with van der Waals surface area (Å²) < 4.78 is 0.889. The highest BCUT2D eigenvalue weighted by molar-refractivity contribution is 9.10. The predicted molar refractivity (Wildman–Crippen MR) is 92.4 cm³/mol. The topological polar surface area (TPSA) is 41.1 Å². The van der Waals surface area contributed by atoms with Crippen molar-refractivity contribution in [1.29, 1.82) is 0 Å². The summed E-state index contributed by atoms with van der Waals surface area (Å²) in [7, 11) is 2.01. The number of aryl methyl sites for hydroxylation is 1. The molecule has 0 radical (unpaired) electrons. The van der Waals surface area contributed by atoms with E-state index in [0.717, 1.165) is 41.2 Å². The van der Waals surface area contributed by atoms with Crippen LogP contribution in [0.5, 0.6) is 0 Å². The molecule has 0 aliphatic heterocycles. The lowest BCUT2D eigenvalue weighted by Crippen LogP contribution is -2.14. The maximum Gasteiger partial charge on any atom is 0.152 e. The average Bonchev–Trinajstić information content (AvgIpc) is 2.53. The van der Waals surface area contributed by atoms with Gasteiger partial charge in [0.15, 0.2) is 5.82 Å². The first-order valence-electron chi connectivity index (χ1n) is 7.24. The molecule has 1 aromatic heterocycles. The van der Waals surface area contributed by atoms with Crippen LogP contribution >= 0.6 is 15.9 Å². The molecule has 0 aliphatic rings.